The molecule has 102 valence electrons. The fraction of sp³-hybridized carbons (Fsp3) is 0.286. The molecule has 0 spiro atoms. The number of hydrogen-bond donors (Lipinski definition) is 2. The van der Waals surface area contributed by atoms with E-state index in [2.05, 4.69) is 11.9 Å². The minimum Gasteiger partial charge on any atom is -0.480 e. The molecule has 0 aliphatic heterocycles. The zero-order valence-electron chi connectivity index (χ0n) is 10.5. The van der Waals surface area contributed by atoms with Crippen LogP contribution in [-0.4, -0.2) is 28.8 Å². The molecular weight excluding hydrogens is 262 g/mol. The average molecular weight is 279 g/mol. The summed E-state index contributed by atoms with van der Waals surface area (Å²) in [4.78, 5) is 23.6. The Bertz CT molecular complexity index is 434. The second-order valence-corrected chi connectivity index (χ2v) is 4.97. The highest BCUT2D eigenvalue weighted by Gasteiger charge is 2.18. The number of hydrogen-bond acceptors (Lipinski definition) is 3. The Morgan fingerprint density at radius 3 is 2.63 bits per heavy atom. The maximum Gasteiger partial charge on any atom is 0.326 e. The summed E-state index contributed by atoms with van der Waals surface area (Å²) in [6, 6.07) is 8.66. The van der Waals surface area contributed by atoms with E-state index in [1.807, 2.05) is 30.3 Å². The van der Waals surface area contributed by atoms with Crippen LogP contribution in [-0.2, 0) is 9.59 Å². The maximum absolute atomic E-state index is 11.7. The number of benzene rings is 1. The standard InChI is InChI=1S/C14H17NO3S/c1-2-3-9-12(14(17)18)15-13(16)10-19-11-7-5-4-6-8-11/h2,4-8,12H,1,3,9-10H2,(H,15,16)(H,17,18). The zero-order chi connectivity index (χ0) is 14.1. The van der Waals surface area contributed by atoms with Gasteiger partial charge in [0, 0.05) is 4.90 Å². The second-order valence-electron chi connectivity index (χ2n) is 3.93. The first kappa shape index (κ1) is 15.3. The molecule has 0 saturated carbocycles. The van der Waals surface area contributed by atoms with Gasteiger partial charge in [0.25, 0.3) is 0 Å². The van der Waals surface area contributed by atoms with Gasteiger partial charge in [-0.15, -0.1) is 18.3 Å². The third-order valence-electron chi connectivity index (χ3n) is 2.41. The Balaban J connectivity index is 2.40. The molecule has 1 rings (SSSR count). The van der Waals surface area contributed by atoms with E-state index >= 15 is 0 Å². The molecule has 19 heavy (non-hydrogen) atoms. The molecule has 0 aliphatic rings. The van der Waals surface area contributed by atoms with Gasteiger partial charge >= 0.3 is 5.97 Å². The number of carbonyl (C=O) groups is 2. The van der Waals surface area contributed by atoms with Crippen LogP contribution in [0.2, 0.25) is 0 Å². The van der Waals surface area contributed by atoms with Gasteiger partial charge in [-0.3, -0.25) is 4.79 Å². The van der Waals surface area contributed by atoms with Crippen LogP contribution in [0.4, 0.5) is 0 Å². The summed E-state index contributed by atoms with van der Waals surface area (Å²) in [6.07, 6.45) is 2.56. The lowest BCUT2D eigenvalue weighted by molar-refractivity contribution is -0.141. The molecule has 0 radical (unpaired) electrons. The number of rotatable bonds is 8. The number of thioether (sulfide) groups is 1. The minimum absolute atomic E-state index is 0.210. The number of carboxylic acids is 1. The third-order valence-corrected chi connectivity index (χ3v) is 3.42. The Morgan fingerprint density at radius 1 is 1.37 bits per heavy atom. The Hall–Kier alpha value is -1.75. The molecule has 1 aromatic carbocycles. The van der Waals surface area contributed by atoms with E-state index in [4.69, 9.17) is 5.11 Å². The molecule has 0 saturated heterocycles. The van der Waals surface area contributed by atoms with E-state index in [1.165, 1.54) is 11.8 Å². The zero-order valence-corrected chi connectivity index (χ0v) is 11.4. The third kappa shape index (κ3) is 6.10. The van der Waals surface area contributed by atoms with Crippen molar-refractivity contribution in [2.24, 2.45) is 0 Å². The number of carbonyl (C=O) groups excluding carboxylic acids is 1. The number of amides is 1. The molecule has 1 unspecified atom stereocenters. The van der Waals surface area contributed by atoms with Crippen molar-refractivity contribution in [1.82, 2.24) is 5.32 Å². The Morgan fingerprint density at radius 2 is 2.05 bits per heavy atom. The van der Waals surface area contributed by atoms with Crippen LogP contribution in [0.5, 0.6) is 0 Å². The monoisotopic (exact) mass is 279 g/mol. The van der Waals surface area contributed by atoms with Crippen molar-refractivity contribution in [1.29, 1.82) is 0 Å². The highest BCUT2D eigenvalue weighted by Crippen LogP contribution is 2.16. The molecule has 0 heterocycles. The summed E-state index contributed by atoms with van der Waals surface area (Å²) in [5, 5.41) is 11.5. The second kappa shape index (κ2) is 8.37. The van der Waals surface area contributed by atoms with Crippen LogP contribution in [0.15, 0.2) is 47.9 Å². The van der Waals surface area contributed by atoms with E-state index in [0.717, 1.165) is 4.90 Å². The molecule has 4 nitrogen and oxygen atoms in total. The lowest BCUT2D eigenvalue weighted by Crippen LogP contribution is -2.41. The largest absolute Gasteiger partial charge is 0.480 e. The maximum atomic E-state index is 11.7. The van der Waals surface area contributed by atoms with Gasteiger partial charge < -0.3 is 10.4 Å². The number of carboxylic acid groups (broad SMARTS) is 1. The molecular formula is C14H17NO3S. The van der Waals surface area contributed by atoms with Crippen molar-refractivity contribution in [3.05, 3.63) is 43.0 Å². The predicted octanol–water partition coefficient (Wildman–Crippen LogP) is 2.31. The lowest BCUT2D eigenvalue weighted by atomic mass is 10.1. The summed E-state index contributed by atoms with van der Waals surface area (Å²) in [5.74, 6) is -1.08. The fourth-order valence-electron chi connectivity index (χ4n) is 1.44. The highest BCUT2D eigenvalue weighted by molar-refractivity contribution is 8.00. The van der Waals surface area contributed by atoms with E-state index in [0.29, 0.717) is 12.8 Å². The van der Waals surface area contributed by atoms with E-state index in [9.17, 15) is 9.59 Å². The van der Waals surface area contributed by atoms with Crippen LogP contribution in [0.1, 0.15) is 12.8 Å². The first-order chi connectivity index (χ1) is 9.13. The van der Waals surface area contributed by atoms with Gasteiger partial charge in [0.05, 0.1) is 5.75 Å². The molecule has 2 N–H and O–H groups in total. The van der Waals surface area contributed by atoms with Crippen LogP contribution >= 0.6 is 11.8 Å². The molecule has 1 atom stereocenters. The molecule has 5 heteroatoms. The van der Waals surface area contributed by atoms with Gasteiger partial charge in [0.2, 0.25) is 5.91 Å². The summed E-state index contributed by atoms with van der Waals surface area (Å²) in [6.45, 7) is 3.54. The van der Waals surface area contributed by atoms with Gasteiger partial charge in [-0.2, -0.15) is 0 Å². The number of aliphatic carboxylic acids is 1. The molecule has 1 aromatic rings. The van der Waals surface area contributed by atoms with Crippen molar-refractivity contribution >= 4 is 23.6 Å². The van der Waals surface area contributed by atoms with Gasteiger partial charge in [-0.05, 0) is 25.0 Å². The van der Waals surface area contributed by atoms with Crippen molar-refractivity contribution in [2.75, 3.05) is 5.75 Å². The summed E-state index contributed by atoms with van der Waals surface area (Å²) >= 11 is 1.38. The SMILES string of the molecule is C=CCCC(NC(=O)CSc1ccccc1)C(=O)O. The first-order valence-corrected chi connectivity index (χ1v) is 6.93. The van der Waals surface area contributed by atoms with Crippen LogP contribution < -0.4 is 5.32 Å². The summed E-state index contributed by atoms with van der Waals surface area (Å²) < 4.78 is 0. The Kier molecular flexibility index (Phi) is 6.74. The van der Waals surface area contributed by atoms with E-state index in [-0.39, 0.29) is 11.7 Å². The topological polar surface area (TPSA) is 66.4 Å². The smallest absolute Gasteiger partial charge is 0.326 e. The summed E-state index contributed by atoms with van der Waals surface area (Å²) in [7, 11) is 0. The molecule has 0 aromatic heterocycles. The minimum atomic E-state index is -1.01. The predicted molar refractivity (Wildman–Crippen MR) is 76.2 cm³/mol. The summed E-state index contributed by atoms with van der Waals surface area (Å²) in [5.41, 5.74) is 0. The van der Waals surface area contributed by atoms with Crippen LogP contribution in [0, 0.1) is 0 Å². The fourth-order valence-corrected chi connectivity index (χ4v) is 2.17. The van der Waals surface area contributed by atoms with Gasteiger partial charge in [-0.1, -0.05) is 24.3 Å². The lowest BCUT2D eigenvalue weighted by Gasteiger charge is -2.13. The molecule has 0 fully saturated rings. The first-order valence-electron chi connectivity index (χ1n) is 5.94. The van der Waals surface area contributed by atoms with Crippen molar-refractivity contribution in [2.45, 2.75) is 23.8 Å². The normalized spacial score (nSPS) is 11.6. The van der Waals surface area contributed by atoms with Crippen LogP contribution in [0.25, 0.3) is 0 Å². The quantitative estimate of drug-likeness (QED) is 0.566. The van der Waals surface area contributed by atoms with Crippen molar-refractivity contribution in [3.8, 4) is 0 Å². The number of allylic oxidation sites excluding steroid dienone is 1. The van der Waals surface area contributed by atoms with Gasteiger partial charge in [0.15, 0.2) is 0 Å². The molecule has 0 aliphatic carbocycles. The van der Waals surface area contributed by atoms with Gasteiger partial charge in [0.1, 0.15) is 6.04 Å². The highest BCUT2D eigenvalue weighted by atomic mass is 32.2. The van der Waals surface area contributed by atoms with Gasteiger partial charge in [-0.25, -0.2) is 4.79 Å². The van der Waals surface area contributed by atoms with Crippen LogP contribution in [0.3, 0.4) is 0 Å². The average Bonchev–Trinajstić information content (AvgIpc) is 2.42. The Labute approximate surface area is 116 Å². The van der Waals surface area contributed by atoms with E-state index in [1.54, 1.807) is 6.08 Å². The molecule has 1 amide bonds. The molecule has 0 bridgehead atoms. The number of nitrogens with one attached hydrogen (secondary N) is 1. The van der Waals surface area contributed by atoms with Crippen molar-refractivity contribution < 1.29 is 14.7 Å². The van der Waals surface area contributed by atoms with E-state index < -0.39 is 12.0 Å². The van der Waals surface area contributed by atoms with Crippen molar-refractivity contribution in [3.63, 3.8) is 0 Å².